The van der Waals surface area contributed by atoms with E-state index in [0.717, 1.165) is 0 Å². The van der Waals surface area contributed by atoms with Crippen molar-refractivity contribution in [3.63, 3.8) is 0 Å². The van der Waals surface area contributed by atoms with Crippen LogP contribution in [0.4, 0.5) is 10.9 Å². The average Bonchev–Trinajstić information content (AvgIpc) is 3.41. The molecular formula is C26H22ClN7O3S2. The minimum absolute atomic E-state index is 0.0380. The monoisotopic (exact) mass is 579 g/mol. The topological polar surface area (TPSA) is 147 Å². The van der Waals surface area contributed by atoms with Gasteiger partial charge in [0.2, 0.25) is 11.0 Å². The number of amides is 1. The van der Waals surface area contributed by atoms with Crippen LogP contribution in [-0.2, 0) is 9.59 Å². The molecule has 0 saturated carbocycles. The van der Waals surface area contributed by atoms with Crippen molar-refractivity contribution in [2.45, 2.75) is 29.5 Å². The normalized spacial score (nSPS) is 17.1. The van der Waals surface area contributed by atoms with E-state index in [0.29, 0.717) is 62.2 Å². The second-order valence-electron chi connectivity index (χ2n) is 8.61. The molecule has 3 aromatic rings. The summed E-state index contributed by atoms with van der Waals surface area (Å²) in [6.07, 6.45) is 3.07. The number of nitrogens with two attached hydrogens (primary N) is 1. The van der Waals surface area contributed by atoms with Gasteiger partial charge in [0, 0.05) is 29.5 Å². The number of carbonyl (C=O) groups is 2. The predicted octanol–water partition coefficient (Wildman–Crippen LogP) is 4.63. The van der Waals surface area contributed by atoms with Crippen molar-refractivity contribution in [2.24, 2.45) is 5.73 Å². The number of aromatic nitrogens is 3. The van der Waals surface area contributed by atoms with Crippen LogP contribution in [0.25, 0.3) is 0 Å². The molecule has 3 heterocycles. The fraction of sp³-hybridized carbons (Fsp3) is 0.231. The van der Waals surface area contributed by atoms with Crippen LogP contribution >= 0.6 is 34.7 Å². The molecule has 10 nitrogen and oxygen atoms in total. The lowest BCUT2D eigenvalue weighted by Gasteiger charge is -2.38. The summed E-state index contributed by atoms with van der Waals surface area (Å²) < 4.78 is 6.09. The van der Waals surface area contributed by atoms with E-state index in [1.165, 1.54) is 29.3 Å². The summed E-state index contributed by atoms with van der Waals surface area (Å²) in [5.41, 5.74) is 8.79. The molecule has 2 aliphatic rings. The lowest BCUT2D eigenvalue weighted by Crippen LogP contribution is -2.38. The lowest BCUT2D eigenvalue weighted by molar-refractivity contribution is -0.116. The van der Waals surface area contributed by atoms with Crippen LogP contribution in [0.1, 0.15) is 30.7 Å². The number of halogens is 1. The number of methoxy groups -OCH3 is 1. The van der Waals surface area contributed by atoms with Gasteiger partial charge in [-0.1, -0.05) is 52.9 Å². The van der Waals surface area contributed by atoms with Gasteiger partial charge in [0.15, 0.2) is 10.1 Å². The molecule has 1 atom stereocenters. The molecule has 1 aromatic carbocycles. The first-order chi connectivity index (χ1) is 18.9. The van der Waals surface area contributed by atoms with E-state index >= 15 is 0 Å². The molecule has 13 heteroatoms. The van der Waals surface area contributed by atoms with E-state index in [1.54, 1.807) is 30.2 Å². The Morgan fingerprint density at radius 3 is 2.87 bits per heavy atom. The van der Waals surface area contributed by atoms with Crippen LogP contribution in [0.5, 0.6) is 5.75 Å². The van der Waals surface area contributed by atoms with Gasteiger partial charge in [0.25, 0.3) is 0 Å². The highest BCUT2D eigenvalue weighted by Crippen LogP contribution is 2.48. The van der Waals surface area contributed by atoms with E-state index < -0.39 is 5.92 Å². The predicted molar refractivity (Wildman–Crippen MR) is 149 cm³/mol. The molecule has 0 radical (unpaired) electrons. The number of pyridine rings is 1. The Morgan fingerprint density at radius 2 is 2.13 bits per heavy atom. The van der Waals surface area contributed by atoms with Crippen molar-refractivity contribution in [3.05, 3.63) is 75.8 Å². The zero-order chi connectivity index (χ0) is 27.5. The van der Waals surface area contributed by atoms with Gasteiger partial charge in [0.1, 0.15) is 17.4 Å². The molecular weight excluding hydrogens is 558 g/mol. The smallest absolute Gasteiger partial charge is 0.235 e. The molecule has 1 unspecified atom stereocenters. The minimum atomic E-state index is -0.642. The molecule has 5 rings (SSSR count). The fourth-order valence-electron chi connectivity index (χ4n) is 4.63. The minimum Gasteiger partial charge on any atom is -0.496 e. The zero-order valence-electron chi connectivity index (χ0n) is 20.7. The van der Waals surface area contributed by atoms with Gasteiger partial charge >= 0.3 is 0 Å². The summed E-state index contributed by atoms with van der Waals surface area (Å²) in [4.78, 5) is 31.4. The summed E-state index contributed by atoms with van der Waals surface area (Å²) in [5, 5.41) is 22.3. The highest BCUT2D eigenvalue weighted by Gasteiger charge is 2.42. The maximum atomic E-state index is 13.3. The van der Waals surface area contributed by atoms with Gasteiger partial charge in [-0.15, -0.1) is 10.2 Å². The van der Waals surface area contributed by atoms with E-state index in [9.17, 15) is 14.9 Å². The molecule has 39 heavy (non-hydrogen) atoms. The summed E-state index contributed by atoms with van der Waals surface area (Å²) in [5.74, 6) is 0.295. The van der Waals surface area contributed by atoms with Crippen LogP contribution in [-0.4, -0.2) is 39.7 Å². The first-order valence-corrected chi connectivity index (χ1v) is 14.1. The number of anilines is 2. The number of para-hydroxylation sites is 1. The van der Waals surface area contributed by atoms with Crippen LogP contribution in [0.2, 0.25) is 5.02 Å². The number of rotatable bonds is 7. The number of allylic oxidation sites excluding steroid dienone is 3. The largest absolute Gasteiger partial charge is 0.496 e. The van der Waals surface area contributed by atoms with Gasteiger partial charge in [-0.3, -0.25) is 14.5 Å². The van der Waals surface area contributed by atoms with Crippen LogP contribution in [0, 0.1) is 11.3 Å². The highest BCUT2D eigenvalue weighted by atomic mass is 35.5. The zero-order valence-corrected chi connectivity index (χ0v) is 23.1. The van der Waals surface area contributed by atoms with Crippen molar-refractivity contribution in [1.82, 2.24) is 15.2 Å². The van der Waals surface area contributed by atoms with Crippen molar-refractivity contribution in [2.75, 3.05) is 23.1 Å². The second kappa shape index (κ2) is 11.4. The number of benzene rings is 1. The Bertz CT molecular complexity index is 1550. The SMILES string of the molecule is COc1ccccc1C1C(C#N)=C(N)N(c2nnc(SCC(=O)Nc3ccc(Cl)cn3)s2)C2=C1C(=O)CCC2. The fourth-order valence-corrected chi connectivity index (χ4v) is 6.42. The molecule has 0 fully saturated rings. The number of thioether (sulfide) groups is 1. The molecule has 1 aliphatic heterocycles. The first-order valence-electron chi connectivity index (χ1n) is 11.9. The Morgan fingerprint density at radius 1 is 1.31 bits per heavy atom. The number of ketones is 1. The van der Waals surface area contributed by atoms with Gasteiger partial charge < -0.3 is 15.8 Å². The summed E-state index contributed by atoms with van der Waals surface area (Å²) in [7, 11) is 1.55. The number of nitrogens with zero attached hydrogens (tertiary/aromatic N) is 5. The third-order valence-corrected chi connectivity index (χ3v) is 8.54. The molecule has 0 spiro atoms. The molecule has 2 aromatic heterocycles. The summed E-state index contributed by atoms with van der Waals surface area (Å²) >= 11 is 8.27. The molecule has 0 saturated heterocycles. The van der Waals surface area contributed by atoms with Crippen molar-refractivity contribution >= 4 is 57.3 Å². The third kappa shape index (κ3) is 5.34. The number of hydrogen-bond donors (Lipinski definition) is 2. The van der Waals surface area contributed by atoms with E-state index in [4.69, 9.17) is 22.1 Å². The van der Waals surface area contributed by atoms with Gasteiger partial charge in [-0.2, -0.15) is 5.26 Å². The standard InChI is InChI=1S/C26H22ClN7O3S2/c1-37-19-8-3-2-5-15(19)22-16(11-28)24(29)34(17-6-4-7-18(35)23(17)22)25-32-33-26(39-25)38-13-21(36)31-20-10-9-14(27)12-30-20/h2-3,5,8-10,12,22H,4,6-7,13,29H2,1H3,(H,30,31,36). The Labute approximate surface area is 237 Å². The van der Waals surface area contributed by atoms with Crippen LogP contribution < -0.4 is 20.7 Å². The Balaban J connectivity index is 1.44. The third-order valence-electron chi connectivity index (χ3n) is 6.27. The quantitative estimate of drug-likeness (QED) is 0.379. The summed E-state index contributed by atoms with van der Waals surface area (Å²) in [6.45, 7) is 0. The van der Waals surface area contributed by atoms with Crippen LogP contribution in [0.3, 0.4) is 0 Å². The van der Waals surface area contributed by atoms with E-state index in [1.807, 2.05) is 18.2 Å². The number of carbonyl (C=O) groups excluding carboxylic acids is 2. The first kappa shape index (κ1) is 26.7. The molecule has 0 bridgehead atoms. The van der Waals surface area contributed by atoms with Crippen molar-refractivity contribution in [3.8, 4) is 11.8 Å². The summed E-state index contributed by atoms with van der Waals surface area (Å²) in [6, 6.07) is 12.8. The van der Waals surface area contributed by atoms with Crippen LogP contribution in [0.15, 0.2) is 69.6 Å². The van der Waals surface area contributed by atoms with E-state index in [2.05, 4.69) is 26.6 Å². The molecule has 1 amide bonds. The van der Waals surface area contributed by atoms with Gasteiger partial charge in [-0.25, -0.2) is 4.98 Å². The van der Waals surface area contributed by atoms with Crippen molar-refractivity contribution in [1.29, 1.82) is 5.26 Å². The Hall–Kier alpha value is -3.92. The second-order valence-corrected chi connectivity index (χ2v) is 11.2. The Kier molecular flexibility index (Phi) is 7.83. The number of Topliss-reactive ketones (excluding diaryl/α,β-unsaturated/α-hetero) is 1. The maximum absolute atomic E-state index is 13.3. The average molecular weight is 580 g/mol. The molecule has 3 N–H and O–H groups in total. The molecule has 1 aliphatic carbocycles. The van der Waals surface area contributed by atoms with Gasteiger partial charge in [-0.05, 0) is 31.0 Å². The number of nitriles is 1. The van der Waals surface area contributed by atoms with Gasteiger partial charge in [0.05, 0.1) is 35.4 Å². The number of nitrogens with one attached hydrogen (secondary N) is 1. The molecule has 198 valence electrons. The highest BCUT2D eigenvalue weighted by molar-refractivity contribution is 8.01. The lowest BCUT2D eigenvalue weighted by atomic mass is 9.75. The van der Waals surface area contributed by atoms with Crippen molar-refractivity contribution < 1.29 is 14.3 Å². The van der Waals surface area contributed by atoms with E-state index in [-0.39, 0.29) is 28.8 Å². The number of ether oxygens (including phenoxy) is 1. The number of hydrogen-bond acceptors (Lipinski definition) is 11. The maximum Gasteiger partial charge on any atom is 0.235 e.